The number of pyridine rings is 1. The number of hydrogen-bond acceptors (Lipinski definition) is 6. The molecule has 9 nitrogen and oxygen atoms in total. The molecule has 0 bridgehead atoms. The SMILES string of the molecule is CC(C)(C)OC(=O)NC[C@H]1CCCCN1C(=O)c1nc(S(C)(=O)=O)n2ccccc12. The maximum absolute atomic E-state index is 13.3. The van der Waals surface area contributed by atoms with Gasteiger partial charge in [-0.1, -0.05) is 6.07 Å². The molecule has 3 rings (SSSR count). The Labute approximate surface area is 176 Å². The minimum atomic E-state index is -3.62. The minimum Gasteiger partial charge on any atom is -0.444 e. The van der Waals surface area contributed by atoms with E-state index in [4.69, 9.17) is 4.74 Å². The van der Waals surface area contributed by atoms with Crippen LogP contribution in [0.3, 0.4) is 0 Å². The van der Waals surface area contributed by atoms with Crippen molar-refractivity contribution in [3.8, 4) is 0 Å². The van der Waals surface area contributed by atoms with Crippen LogP contribution in [0.25, 0.3) is 5.52 Å². The van der Waals surface area contributed by atoms with Crippen molar-refractivity contribution in [2.45, 2.75) is 56.8 Å². The molecule has 0 unspecified atom stereocenters. The quantitative estimate of drug-likeness (QED) is 0.787. The number of carbonyl (C=O) groups is 2. The number of aromatic nitrogens is 2. The fourth-order valence-corrected chi connectivity index (χ4v) is 4.33. The monoisotopic (exact) mass is 436 g/mol. The smallest absolute Gasteiger partial charge is 0.407 e. The lowest BCUT2D eigenvalue weighted by molar-refractivity contribution is 0.0461. The lowest BCUT2D eigenvalue weighted by Crippen LogP contribution is -2.50. The summed E-state index contributed by atoms with van der Waals surface area (Å²) in [5.74, 6) is -0.343. The highest BCUT2D eigenvalue weighted by Gasteiger charge is 2.32. The summed E-state index contributed by atoms with van der Waals surface area (Å²) >= 11 is 0. The zero-order valence-electron chi connectivity index (χ0n) is 17.7. The molecule has 2 amide bonds. The van der Waals surface area contributed by atoms with Crippen LogP contribution in [0.1, 0.15) is 50.5 Å². The molecule has 164 valence electrons. The first kappa shape index (κ1) is 22.1. The van der Waals surface area contributed by atoms with Crippen LogP contribution in [-0.2, 0) is 14.6 Å². The number of carbonyl (C=O) groups excluding carboxylic acids is 2. The predicted molar refractivity (Wildman–Crippen MR) is 111 cm³/mol. The molecule has 1 saturated heterocycles. The first-order valence-corrected chi connectivity index (χ1v) is 11.8. The van der Waals surface area contributed by atoms with Gasteiger partial charge >= 0.3 is 6.09 Å². The molecule has 1 aliphatic rings. The van der Waals surface area contributed by atoms with E-state index in [1.807, 2.05) is 0 Å². The van der Waals surface area contributed by atoms with Gasteiger partial charge in [-0.25, -0.2) is 18.2 Å². The minimum absolute atomic E-state index is 0.0974. The highest BCUT2D eigenvalue weighted by Crippen LogP contribution is 2.23. The maximum Gasteiger partial charge on any atom is 0.407 e. The van der Waals surface area contributed by atoms with E-state index in [2.05, 4.69) is 10.3 Å². The van der Waals surface area contributed by atoms with Gasteiger partial charge in [0, 0.05) is 31.6 Å². The van der Waals surface area contributed by atoms with E-state index >= 15 is 0 Å². The number of ether oxygens (including phenoxy) is 1. The number of rotatable bonds is 4. The summed E-state index contributed by atoms with van der Waals surface area (Å²) in [7, 11) is -3.62. The van der Waals surface area contributed by atoms with Gasteiger partial charge in [-0.15, -0.1) is 0 Å². The van der Waals surface area contributed by atoms with E-state index in [9.17, 15) is 18.0 Å². The second-order valence-corrected chi connectivity index (χ2v) is 10.4. The summed E-state index contributed by atoms with van der Waals surface area (Å²) < 4.78 is 31.0. The van der Waals surface area contributed by atoms with Gasteiger partial charge in [0.1, 0.15) is 5.60 Å². The van der Waals surface area contributed by atoms with Gasteiger partial charge in [0.25, 0.3) is 5.91 Å². The number of amides is 2. The van der Waals surface area contributed by atoms with Crippen LogP contribution < -0.4 is 5.32 Å². The number of sulfone groups is 1. The Hall–Kier alpha value is -2.62. The lowest BCUT2D eigenvalue weighted by atomic mass is 10.0. The molecule has 30 heavy (non-hydrogen) atoms. The molecular formula is C20H28N4O5S. The number of fused-ring (bicyclic) bond motifs is 1. The van der Waals surface area contributed by atoms with Crippen molar-refractivity contribution in [1.82, 2.24) is 19.6 Å². The van der Waals surface area contributed by atoms with Crippen LogP contribution in [0.15, 0.2) is 29.6 Å². The zero-order chi connectivity index (χ0) is 22.1. The Kier molecular flexibility index (Phi) is 6.07. The van der Waals surface area contributed by atoms with Crippen molar-refractivity contribution in [2.24, 2.45) is 0 Å². The lowest BCUT2D eigenvalue weighted by Gasteiger charge is -2.35. The molecule has 2 aromatic heterocycles. The number of nitrogens with one attached hydrogen (secondary N) is 1. The number of alkyl carbamates (subject to hydrolysis) is 1. The van der Waals surface area contributed by atoms with E-state index < -0.39 is 21.5 Å². The first-order chi connectivity index (χ1) is 14.0. The van der Waals surface area contributed by atoms with Gasteiger partial charge in [0.05, 0.1) is 5.52 Å². The summed E-state index contributed by atoms with van der Waals surface area (Å²) in [5.41, 5.74) is -0.0728. The number of nitrogens with zero attached hydrogens (tertiary/aromatic N) is 3. The van der Waals surface area contributed by atoms with Crippen LogP contribution in [0, 0.1) is 0 Å². The summed E-state index contributed by atoms with van der Waals surface area (Å²) in [6, 6.07) is 4.87. The standard InChI is InChI=1S/C20H28N4O5S/c1-20(2,3)29-19(26)21-13-14-9-5-7-11-23(14)17(25)16-15-10-6-8-12-24(15)18(22-16)30(4,27)28/h6,8,10,12,14H,5,7,9,11,13H2,1-4H3,(H,21,26)/t14-/m1/s1. The fourth-order valence-electron chi connectivity index (χ4n) is 3.56. The molecule has 1 atom stereocenters. The third kappa shape index (κ3) is 4.92. The highest BCUT2D eigenvalue weighted by atomic mass is 32.2. The summed E-state index contributed by atoms with van der Waals surface area (Å²) in [6.07, 6.45) is 4.60. The first-order valence-electron chi connectivity index (χ1n) is 9.92. The van der Waals surface area contributed by atoms with Gasteiger partial charge in [0.2, 0.25) is 15.0 Å². The molecule has 1 fully saturated rings. The topological polar surface area (TPSA) is 110 Å². The number of imidazole rings is 1. The average molecular weight is 437 g/mol. The van der Waals surface area contributed by atoms with Crippen molar-refractivity contribution in [1.29, 1.82) is 0 Å². The molecule has 1 aliphatic heterocycles. The number of hydrogen-bond donors (Lipinski definition) is 1. The molecule has 2 aromatic rings. The molecule has 0 radical (unpaired) electrons. The zero-order valence-corrected chi connectivity index (χ0v) is 18.5. The Morgan fingerprint density at radius 3 is 2.67 bits per heavy atom. The normalized spacial score (nSPS) is 17.7. The van der Waals surface area contributed by atoms with E-state index in [1.54, 1.807) is 50.1 Å². The van der Waals surface area contributed by atoms with Crippen molar-refractivity contribution in [3.05, 3.63) is 30.1 Å². The predicted octanol–water partition coefficient (Wildman–Crippen LogP) is 2.26. The Morgan fingerprint density at radius 1 is 1.27 bits per heavy atom. The van der Waals surface area contributed by atoms with Gasteiger partial charge in [-0.3, -0.25) is 9.20 Å². The average Bonchev–Trinajstić information content (AvgIpc) is 3.05. The molecule has 3 heterocycles. The summed E-state index contributed by atoms with van der Waals surface area (Å²) in [5, 5.41) is 2.57. The molecule has 0 aliphatic carbocycles. The Morgan fingerprint density at radius 2 is 2.00 bits per heavy atom. The van der Waals surface area contributed by atoms with Crippen molar-refractivity contribution < 1.29 is 22.7 Å². The van der Waals surface area contributed by atoms with Crippen molar-refractivity contribution >= 4 is 27.4 Å². The fraction of sp³-hybridized carbons (Fsp3) is 0.550. The molecule has 10 heteroatoms. The molecule has 0 spiro atoms. The summed E-state index contributed by atoms with van der Waals surface area (Å²) in [6.45, 7) is 6.12. The van der Waals surface area contributed by atoms with Crippen molar-refractivity contribution in [2.75, 3.05) is 19.3 Å². The van der Waals surface area contributed by atoms with Crippen LogP contribution >= 0.6 is 0 Å². The van der Waals surface area contributed by atoms with E-state index in [0.717, 1.165) is 25.5 Å². The highest BCUT2D eigenvalue weighted by molar-refractivity contribution is 7.90. The van der Waals surface area contributed by atoms with E-state index in [-0.39, 0.29) is 29.3 Å². The molecule has 0 saturated carbocycles. The second kappa shape index (κ2) is 8.25. The van der Waals surface area contributed by atoms with Crippen LogP contribution in [0.2, 0.25) is 0 Å². The van der Waals surface area contributed by atoms with Gasteiger partial charge in [-0.05, 0) is 52.2 Å². The Bertz CT molecular complexity index is 1050. The van der Waals surface area contributed by atoms with Crippen molar-refractivity contribution in [3.63, 3.8) is 0 Å². The molecule has 0 aromatic carbocycles. The van der Waals surface area contributed by atoms with Gasteiger partial charge in [-0.2, -0.15) is 0 Å². The second-order valence-electron chi connectivity index (χ2n) is 8.50. The van der Waals surface area contributed by atoms with Crippen LogP contribution in [0.5, 0.6) is 0 Å². The maximum atomic E-state index is 13.3. The van der Waals surface area contributed by atoms with Gasteiger partial charge in [0.15, 0.2) is 5.69 Å². The van der Waals surface area contributed by atoms with Crippen LogP contribution in [0.4, 0.5) is 4.79 Å². The third-order valence-corrected chi connectivity index (χ3v) is 5.77. The third-order valence-electron chi connectivity index (χ3n) is 4.82. The summed E-state index contributed by atoms with van der Waals surface area (Å²) in [4.78, 5) is 31.2. The van der Waals surface area contributed by atoms with Crippen LogP contribution in [-0.4, -0.2) is 65.7 Å². The largest absolute Gasteiger partial charge is 0.444 e. The van der Waals surface area contributed by atoms with E-state index in [1.165, 1.54) is 4.40 Å². The molecule has 1 N–H and O–H groups in total. The molecular weight excluding hydrogens is 408 g/mol. The number of piperidine rings is 1. The Balaban J connectivity index is 1.85. The number of likely N-dealkylation sites (tertiary alicyclic amines) is 1. The van der Waals surface area contributed by atoms with Gasteiger partial charge < -0.3 is 15.0 Å². The van der Waals surface area contributed by atoms with E-state index in [0.29, 0.717) is 12.1 Å².